The second-order valence-corrected chi connectivity index (χ2v) is 3.69. The Morgan fingerprint density at radius 3 is 2.53 bits per heavy atom. The lowest BCUT2D eigenvalue weighted by Gasteiger charge is -2.23. The fourth-order valence-corrected chi connectivity index (χ4v) is 1.16. The average Bonchev–Trinajstić information content (AvgIpc) is 2.26. The summed E-state index contributed by atoms with van der Waals surface area (Å²) < 4.78 is 0. The molecule has 0 bridgehead atoms. The minimum atomic E-state index is -0.489. The maximum atomic E-state index is 8.33. The van der Waals surface area contributed by atoms with Gasteiger partial charge in [-0.2, -0.15) is 5.26 Å². The number of rotatable bonds is 5. The summed E-state index contributed by atoms with van der Waals surface area (Å²) in [6.45, 7) is 4.15. The van der Waals surface area contributed by atoms with Crippen molar-refractivity contribution in [1.29, 1.82) is 5.26 Å². The van der Waals surface area contributed by atoms with Gasteiger partial charge in [-0.05, 0) is 19.4 Å². The summed E-state index contributed by atoms with van der Waals surface area (Å²) >= 11 is 0. The molecule has 0 atom stereocenters. The number of benzene rings is 1. The van der Waals surface area contributed by atoms with E-state index in [0.717, 1.165) is 5.56 Å². The van der Waals surface area contributed by atoms with Gasteiger partial charge in [0.1, 0.15) is 5.60 Å². The zero-order chi connectivity index (χ0) is 11.1. The van der Waals surface area contributed by atoms with Gasteiger partial charge in [0, 0.05) is 0 Å². The molecule has 1 rings (SSSR count). The van der Waals surface area contributed by atoms with Crippen molar-refractivity contribution >= 4 is 0 Å². The van der Waals surface area contributed by atoms with Gasteiger partial charge in [0.25, 0.3) is 0 Å². The van der Waals surface area contributed by atoms with E-state index in [1.165, 1.54) is 0 Å². The van der Waals surface area contributed by atoms with E-state index in [9.17, 15) is 0 Å². The second kappa shape index (κ2) is 5.50. The Hall–Kier alpha value is -1.37. The third kappa shape index (κ3) is 3.70. The van der Waals surface area contributed by atoms with E-state index in [2.05, 4.69) is 0 Å². The van der Waals surface area contributed by atoms with Crippen LogP contribution in [-0.4, -0.2) is 6.61 Å². The average molecular weight is 205 g/mol. The first-order chi connectivity index (χ1) is 7.17. The normalized spacial score (nSPS) is 11.0. The molecule has 0 radical (unpaired) electrons. The van der Waals surface area contributed by atoms with Crippen LogP contribution in [0.15, 0.2) is 30.3 Å². The molecule has 3 heteroatoms. The van der Waals surface area contributed by atoms with Crippen LogP contribution in [0.5, 0.6) is 0 Å². The number of nitriles is 1. The van der Waals surface area contributed by atoms with Crippen LogP contribution in [0.3, 0.4) is 0 Å². The predicted octanol–water partition coefficient (Wildman–Crippen LogP) is 2.78. The molecule has 0 N–H and O–H groups in total. The molecule has 0 saturated heterocycles. The van der Waals surface area contributed by atoms with Gasteiger partial charge in [-0.25, -0.2) is 9.78 Å². The van der Waals surface area contributed by atoms with Crippen LogP contribution in [0.4, 0.5) is 0 Å². The zero-order valence-corrected chi connectivity index (χ0v) is 9.06. The van der Waals surface area contributed by atoms with Gasteiger partial charge in [-0.15, -0.1) is 0 Å². The highest BCUT2D eigenvalue weighted by atomic mass is 17.2. The van der Waals surface area contributed by atoms with E-state index < -0.39 is 5.60 Å². The molecule has 0 fully saturated rings. The molecule has 80 valence electrons. The van der Waals surface area contributed by atoms with Gasteiger partial charge in [0.05, 0.1) is 19.1 Å². The molecule has 1 aromatic rings. The SMILES string of the molecule is CC(C)(OOCCC#N)c1ccccc1. The lowest BCUT2D eigenvalue weighted by atomic mass is 9.99. The maximum Gasteiger partial charge on any atom is 0.123 e. The van der Waals surface area contributed by atoms with Crippen molar-refractivity contribution in [1.82, 2.24) is 0 Å². The van der Waals surface area contributed by atoms with Crippen molar-refractivity contribution in [2.24, 2.45) is 0 Å². The number of nitrogens with zero attached hydrogens (tertiary/aromatic N) is 1. The van der Waals surface area contributed by atoms with Gasteiger partial charge < -0.3 is 0 Å². The van der Waals surface area contributed by atoms with Crippen molar-refractivity contribution in [2.75, 3.05) is 6.61 Å². The predicted molar refractivity (Wildman–Crippen MR) is 56.7 cm³/mol. The van der Waals surface area contributed by atoms with Crippen molar-refractivity contribution in [3.05, 3.63) is 35.9 Å². The van der Waals surface area contributed by atoms with Crippen LogP contribution in [-0.2, 0) is 15.4 Å². The van der Waals surface area contributed by atoms with Gasteiger partial charge in [-0.3, -0.25) is 0 Å². The summed E-state index contributed by atoms with van der Waals surface area (Å²) in [6.07, 6.45) is 0.338. The Bertz CT molecular complexity index is 327. The molecule has 0 aromatic heterocycles. The first-order valence-electron chi connectivity index (χ1n) is 4.90. The molecule has 3 nitrogen and oxygen atoms in total. The van der Waals surface area contributed by atoms with Gasteiger partial charge >= 0.3 is 0 Å². The monoisotopic (exact) mass is 205 g/mol. The molecule has 0 aliphatic rings. The zero-order valence-electron chi connectivity index (χ0n) is 9.06. The summed E-state index contributed by atoms with van der Waals surface area (Å²) in [4.78, 5) is 10.2. The van der Waals surface area contributed by atoms with Crippen molar-refractivity contribution in [2.45, 2.75) is 25.9 Å². The van der Waals surface area contributed by atoms with Crippen molar-refractivity contribution in [3.8, 4) is 6.07 Å². The second-order valence-electron chi connectivity index (χ2n) is 3.69. The van der Waals surface area contributed by atoms with E-state index in [4.69, 9.17) is 15.0 Å². The van der Waals surface area contributed by atoms with Crippen LogP contribution in [0.2, 0.25) is 0 Å². The first-order valence-corrected chi connectivity index (χ1v) is 4.90. The lowest BCUT2D eigenvalue weighted by molar-refractivity contribution is -0.357. The molecule has 0 saturated carbocycles. The fraction of sp³-hybridized carbons (Fsp3) is 0.417. The molecule has 15 heavy (non-hydrogen) atoms. The Kier molecular flexibility index (Phi) is 4.29. The van der Waals surface area contributed by atoms with E-state index in [1.54, 1.807) is 0 Å². The smallest absolute Gasteiger partial charge is 0.123 e. The van der Waals surface area contributed by atoms with E-state index >= 15 is 0 Å². The van der Waals surface area contributed by atoms with Crippen molar-refractivity contribution in [3.63, 3.8) is 0 Å². The number of hydrogen-bond acceptors (Lipinski definition) is 3. The summed E-state index contributed by atoms with van der Waals surface area (Å²) in [5.41, 5.74) is 0.554. The minimum absolute atomic E-state index is 0.298. The van der Waals surface area contributed by atoms with Crippen LogP contribution in [0, 0.1) is 11.3 Å². The van der Waals surface area contributed by atoms with Crippen LogP contribution in [0.25, 0.3) is 0 Å². The Labute approximate surface area is 90.2 Å². The summed E-state index contributed by atoms with van der Waals surface area (Å²) in [7, 11) is 0. The van der Waals surface area contributed by atoms with E-state index in [1.807, 2.05) is 50.2 Å². The molecular weight excluding hydrogens is 190 g/mol. The van der Waals surface area contributed by atoms with Crippen LogP contribution < -0.4 is 0 Å². The molecular formula is C12H15NO2. The third-order valence-electron chi connectivity index (χ3n) is 2.03. The lowest BCUT2D eigenvalue weighted by Crippen LogP contribution is -2.22. The molecule has 0 aliphatic heterocycles. The number of hydrogen-bond donors (Lipinski definition) is 0. The molecule has 0 aliphatic carbocycles. The Balaban J connectivity index is 2.49. The molecule has 0 heterocycles. The van der Waals surface area contributed by atoms with E-state index in [0.29, 0.717) is 13.0 Å². The minimum Gasteiger partial charge on any atom is -0.235 e. The highest BCUT2D eigenvalue weighted by Gasteiger charge is 2.22. The molecule has 0 amide bonds. The summed E-state index contributed by atoms with van der Waals surface area (Å²) in [6, 6.07) is 11.8. The Morgan fingerprint density at radius 2 is 1.93 bits per heavy atom. The highest BCUT2D eigenvalue weighted by Crippen LogP contribution is 2.24. The highest BCUT2D eigenvalue weighted by molar-refractivity contribution is 5.20. The van der Waals surface area contributed by atoms with E-state index in [-0.39, 0.29) is 0 Å². The topological polar surface area (TPSA) is 42.2 Å². The van der Waals surface area contributed by atoms with Crippen molar-refractivity contribution < 1.29 is 9.78 Å². The van der Waals surface area contributed by atoms with Crippen LogP contribution in [0.1, 0.15) is 25.8 Å². The van der Waals surface area contributed by atoms with Gasteiger partial charge in [-0.1, -0.05) is 30.3 Å². The standard InChI is InChI=1S/C12H15NO2/c1-12(2,15-14-10-6-9-13)11-7-4-3-5-8-11/h3-5,7-8H,6,10H2,1-2H3. The van der Waals surface area contributed by atoms with Gasteiger partial charge in [0.15, 0.2) is 0 Å². The molecule has 0 spiro atoms. The van der Waals surface area contributed by atoms with Crippen LogP contribution >= 0.6 is 0 Å². The Morgan fingerprint density at radius 1 is 1.27 bits per heavy atom. The summed E-state index contributed by atoms with van der Waals surface area (Å²) in [5.74, 6) is 0. The maximum absolute atomic E-state index is 8.33. The largest absolute Gasteiger partial charge is 0.235 e. The fourth-order valence-electron chi connectivity index (χ4n) is 1.16. The first kappa shape index (κ1) is 11.7. The molecule has 1 aromatic carbocycles. The molecule has 0 unspecified atom stereocenters. The third-order valence-corrected chi connectivity index (χ3v) is 2.03. The quantitative estimate of drug-likeness (QED) is 0.421. The summed E-state index contributed by atoms with van der Waals surface area (Å²) in [5, 5.41) is 8.33. The van der Waals surface area contributed by atoms with Gasteiger partial charge in [0.2, 0.25) is 0 Å².